The molecule has 0 amide bonds. The zero-order valence-electron chi connectivity index (χ0n) is 16.9. The third-order valence-corrected chi connectivity index (χ3v) is 6.34. The number of aromatic hydroxyl groups is 1. The van der Waals surface area contributed by atoms with E-state index in [0.717, 1.165) is 0 Å². The van der Waals surface area contributed by atoms with Gasteiger partial charge in [-0.3, -0.25) is 14.4 Å². The van der Waals surface area contributed by atoms with Gasteiger partial charge < -0.3 is 19.7 Å². The molecule has 2 aliphatic rings. The normalized spacial score (nSPS) is 22.1. The first-order valence-corrected chi connectivity index (χ1v) is 9.74. The molecular formula is C23H22O7. The van der Waals surface area contributed by atoms with Crippen molar-refractivity contribution in [3.63, 3.8) is 0 Å². The fraction of sp³-hybridized carbons (Fsp3) is 0.348. The lowest BCUT2D eigenvalue weighted by molar-refractivity contribution is -0.151. The summed E-state index contributed by atoms with van der Waals surface area (Å²) in [4.78, 5) is 39.1. The van der Waals surface area contributed by atoms with Gasteiger partial charge in [0.2, 0.25) is 5.78 Å². The van der Waals surface area contributed by atoms with E-state index in [9.17, 15) is 24.6 Å². The molecule has 30 heavy (non-hydrogen) atoms. The van der Waals surface area contributed by atoms with Crippen LogP contribution >= 0.6 is 0 Å². The number of benzene rings is 2. The predicted molar refractivity (Wildman–Crippen MR) is 106 cm³/mol. The first-order valence-electron chi connectivity index (χ1n) is 9.74. The van der Waals surface area contributed by atoms with Gasteiger partial charge in [-0.05, 0) is 42.5 Å². The van der Waals surface area contributed by atoms with E-state index in [4.69, 9.17) is 9.47 Å². The molecule has 2 aromatic carbocycles. The number of rotatable bonds is 3. The first kappa shape index (κ1) is 20.1. The van der Waals surface area contributed by atoms with Crippen LogP contribution in [0.5, 0.6) is 11.5 Å². The molecule has 2 aromatic rings. The second kappa shape index (κ2) is 6.95. The van der Waals surface area contributed by atoms with Crippen molar-refractivity contribution in [1.82, 2.24) is 0 Å². The number of carbonyl (C=O) groups is 3. The standard InChI is InChI=1S/C23H22O7/c1-4-23(28)9-8-11-13(18(23)22(27)30-3)10-14-17(20(11)25)21(26)16-12(19(14)24)6-5-7-15(16)29-2/h5-7,10,18,25,28H,4,8-9H2,1-3H3/t18-,23+/m0/s1. The number of ketones is 2. The van der Waals surface area contributed by atoms with Crippen molar-refractivity contribution in [3.8, 4) is 11.5 Å². The van der Waals surface area contributed by atoms with Gasteiger partial charge >= 0.3 is 5.97 Å². The van der Waals surface area contributed by atoms with Crippen molar-refractivity contribution in [2.45, 2.75) is 37.7 Å². The molecule has 0 aromatic heterocycles. The monoisotopic (exact) mass is 410 g/mol. The Balaban J connectivity index is 2.00. The zero-order valence-corrected chi connectivity index (χ0v) is 16.9. The van der Waals surface area contributed by atoms with E-state index in [1.54, 1.807) is 19.1 Å². The van der Waals surface area contributed by atoms with Crippen LogP contribution in [0.3, 0.4) is 0 Å². The SMILES string of the molecule is CC[C@@]1(O)CCc2c(cc3c(c2O)C(=O)c2c(OC)cccc2C3=O)[C@H]1C(=O)OC. The van der Waals surface area contributed by atoms with E-state index in [-0.39, 0.29) is 53.0 Å². The first-order chi connectivity index (χ1) is 14.3. The smallest absolute Gasteiger partial charge is 0.316 e. The molecule has 0 saturated heterocycles. The van der Waals surface area contributed by atoms with Crippen molar-refractivity contribution in [2.75, 3.05) is 14.2 Å². The molecule has 0 radical (unpaired) electrons. The highest BCUT2D eigenvalue weighted by Gasteiger charge is 2.48. The second-order valence-corrected chi connectivity index (χ2v) is 7.67. The molecule has 0 aliphatic heterocycles. The number of hydrogen-bond acceptors (Lipinski definition) is 7. The van der Waals surface area contributed by atoms with Crippen LogP contribution in [-0.2, 0) is 16.0 Å². The zero-order chi connectivity index (χ0) is 21.8. The fourth-order valence-corrected chi connectivity index (χ4v) is 4.67. The van der Waals surface area contributed by atoms with Crippen LogP contribution in [0.15, 0.2) is 24.3 Å². The summed E-state index contributed by atoms with van der Waals surface area (Å²) in [6.45, 7) is 1.76. The summed E-state index contributed by atoms with van der Waals surface area (Å²) in [5.74, 6) is -2.77. The number of hydrogen-bond donors (Lipinski definition) is 2. The Kier molecular flexibility index (Phi) is 4.66. The number of carbonyl (C=O) groups excluding carboxylic acids is 3. The number of aliphatic hydroxyl groups is 1. The van der Waals surface area contributed by atoms with E-state index in [1.165, 1.54) is 26.4 Å². The Morgan fingerprint density at radius 2 is 1.90 bits per heavy atom. The van der Waals surface area contributed by atoms with Crippen molar-refractivity contribution in [2.24, 2.45) is 0 Å². The van der Waals surface area contributed by atoms with Crippen molar-refractivity contribution >= 4 is 17.5 Å². The minimum absolute atomic E-state index is 0.00580. The number of esters is 1. The molecule has 156 valence electrons. The molecule has 4 rings (SSSR count). The van der Waals surface area contributed by atoms with Crippen molar-refractivity contribution in [3.05, 3.63) is 57.6 Å². The van der Waals surface area contributed by atoms with Gasteiger partial charge in [0.1, 0.15) is 17.4 Å². The topological polar surface area (TPSA) is 110 Å². The predicted octanol–water partition coefficient (Wildman–Crippen LogP) is 2.52. The van der Waals surface area contributed by atoms with E-state index < -0.39 is 29.1 Å². The minimum Gasteiger partial charge on any atom is -0.507 e. The molecular weight excluding hydrogens is 388 g/mol. The van der Waals surface area contributed by atoms with Crippen LogP contribution in [0, 0.1) is 0 Å². The molecule has 0 fully saturated rings. The summed E-state index contributed by atoms with van der Waals surface area (Å²) in [5, 5.41) is 22.1. The van der Waals surface area contributed by atoms with Gasteiger partial charge in [-0.1, -0.05) is 19.1 Å². The Hall–Kier alpha value is -3.19. The Morgan fingerprint density at radius 3 is 2.53 bits per heavy atom. The lowest BCUT2D eigenvalue weighted by Gasteiger charge is -2.40. The minimum atomic E-state index is -1.37. The van der Waals surface area contributed by atoms with Gasteiger partial charge in [-0.2, -0.15) is 0 Å². The van der Waals surface area contributed by atoms with Crippen molar-refractivity contribution in [1.29, 1.82) is 0 Å². The lowest BCUT2D eigenvalue weighted by Crippen LogP contribution is -2.44. The summed E-state index contributed by atoms with van der Waals surface area (Å²) in [6.07, 6.45) is 0.758. The van der Waals surface area contributed by atoms with Crippen LogP contribution in [0.4, 0.5) is 0 Å². The summed E-state index contributed by atoms with van der Waals surface area (Å²) in [7, 11) is 2.63. The van der Waals surface area contributed by atoms with Crippen LogP contribution in [0.1, 0.15) is 68.7 Å². The van der Waals surface area contributed by atoms with E-state index in [0.29, 0.717) is 11.1 Å². The Morgan fingerprint density at radius 1 is 1.17 bits per heavy atom. The van der Waals surface area contributed by atoms with Crippen LogP contribution < -0.4 is 4.74 Å². The summed E-state index contributed by atoms with van der Waals surface area (Å²) < 4.78 is 10.2. The average molecular weight is 410 g/mol. The van der Waals surface area contributed by atoms with Crippen LogP contribution in [0.2, 0.25) is 0 Å². The van der Waals surface area contributed by atoms with Gasteiger partial charge in [-0.25, -0.2) is 0 Å². The molecule has 0 unspecified atom stereocenters. The van der Waals surface area contributed by atoms with Crippen molar-refractivity contribution < 1.29 is 34.1 Å². The Bertz CT molecular complexity index is 1100. The Labute approximate surface area is 173 Å². The van der Waals surface area contributed by atoms with Gasteiger partial charge in [0.15, 0.2) is 5.78 Å². The highest BCUT2D eigenvalue weighted by atomic mass is 16.5. The van der Waals surface area contributed by atoms with Crippen LogP contribution in [0.25, 0.3) is 0 Å². The van der Waals surface area contributed by atoms with E-state index >= 15 is 0 Å². The maximum absolute atomic E-state index is 13.3. The number of ether oxygens (including phenoxy) is 2. The molecule has 7 nitrogen and oxygen atoms in total. The molecule has 2 atom stereocenters. The van der Waals surface area contributed by atoms with Crippen LogP contribution in [-0.4, -0.2) is 47.6 Å². The van der Waals surface area contributed by atoms with E-state index in [1.807, 2.05) is 0 Å². The maximum Gasteiger partial charge on any atom is 0.316 e. The van der Waals surface area contributed by atoms with Gasteiger partial charge in [0.05, 0.1) is 30.9 Å². The molecule has 0 bridgehead atoms. The lowest BCUT2D eigenvalue weighted by atomic mass is 9.68. The van der Waals surface area contributed by atoms with E-state index in [2.05, 4.69) is 0 Å². The summed E-state index contributed by atoms with van der Waals surface area (Å²) in [6, 6.07) is 6.17. The van der Waals surface area contributed by atoms with Gasteiger partial charge in [-0.15, -0.1) is 0 Å². The molecule has 0 saturated carbocycles. The largest absolute Gasteiger partial charge is 0.507 e. The molecule has 2 N–H and O–H groups in total. The highest BCUT2D eigenvalue weighted by Crippen LogP contribution is 2.48. The molecule has 7 heteroatoms. The molecule has 0 heterocycles. The maximum atomic E-state index is 13.3. The number of phenols is 1. The molecule has 0 spiro atoms. The third-order valence-electron chi connectivity index (χ3n) is 6.34. The number of phenolic OH excluding ortho intramolecular Hbond substituents is 1. The average Bonchev–Trinajstić information content (AvgIpc) is 2.76. The highest BCUT2D eigenvalue weighted by molar-refractivity contribution is 6.30. The quantitative estimate of drug-likeness (QED) is 0.639. The third kappa shape index (κ3) is 2.58. The summed E-state index contributed by atoms with van der Waals surface area (Å²) >= 11 is 0. The summed E-state index contributed by atoms with van der Waals surface area (Å²) in [5.41, 5.74) is -0.486. The number of methoxy groups -OCH3 is 2. The fourth-order valence-electron chi connectivity index (χ4n) is 4.67. The second-order valence-electron chi connectivity index (χ2n) is 7.67. The number of fused-ring (bicyclic) bond motifs is 3. The van der Waals surface area contributed by atoms with Gasteiger partial charge in [0, 0.05) is 11.1 Å². The molecule has 2 aliphatic carbocycles. The van der Waals surface area contributed by atoms with Gasteiger partial charge in [0.25, 0.3) is 0 Å².